The second-order valence-electron chi connectivity index (χ2n) is 5.42. The molecule has 1 amide bonds. The fourth-order valence-electron chi connectivity index (χ4n) is 2.43. The molecule has 0 atom stereocenters. The van der Waals surface area contributed by atoms with Crippen molar-refractivity contribution in [2.45, 2.75) is 6.92 Å². The van der Waals surface area contributed by atoms with Gasteiger partial charge in [-0.2, -0.15) is 0 Å². The number of rotatable bonds is 4. The first-order valence-electron chi connectivity index (χ1n) is 7.54. The Balaban J connectivity index is 1.49. The Morgan fingerprint density at radius 1 is 1.19 bits per heavy atom. The van der Waals surface area contributed by atoms with E-state index >= 15 is 0 Å². The van der Waals surface area contributed by atoms with Crippen LogP contribution >= 0.6 is 45.9 Å². The fourth-order valence-corrected chi connectivity index (χ4v) is 4.77. The summed E-state index contributed by atoms with van der Waals surface area (Å²) in [6, 6.07) is 8.77. The number of nitrogens with one attached hydrogen (secondary N) is 1. The topological polar surface area (TPSA) is 64.1 Å². The van der Waals surface area contributed by atoms with Gasteiger partial charge in [0.25, 0.3) is 5.91 Å². The molecule has 1 N–H and O–H groups in total. The van der Waals surface area contributed by atoms with E-state index in [2.05, 4.69) is 15.3 Å². The van der Waals surface area contributed by atoms with Crippen molar-refractivity contribution >= 4 is 77.3 Å². The second-order valence-corrected chi connectivity index (χ2v) is 8.50. The monoisotopic (exact) mass is 423 g/mol. The van der Waals surface area contributed by atoms with Crippen LogP contribution in [0.25, 0.3) is 20.4 Å². The third kappa shape index (κ3) is 3.48. The summed E-state index contributed by atoms with van der Waals surface area (Å²) in [6.07, 6.45) is 0. The molecule has 2 heterocycles. The van der Waals surface area contributed by atoms with E-state index in [1.165, 1.54) is 11.3 Å². The van der Waals surface area contributed by atoms with E-state index in [0.29, 0.717) is 20.9 Å². The van der Waals surface area contributed by atoms with E-state index in [0.717, 1.165) is 25.4 Å². The van der Waals surface area contributed by atoms with Crippen LogP contribution in [0.3, 0.4) is 0 Å². The average molecular weight is 424 g/mol. The zero-order valence-electron chi connectivity index (χ0n) is 13.4. The Morgan fingerprint density at radius 2 is 2.04 bits per heavy atom. The summed E-state index contributed by atoms with van der Waals surface area (Å²) < 4.78 is 7.51. The number of hydrogen-bond donors (Lipinski definition) is 1. The number of amides is 1. The lowest BCUT2D eigenvalue weighted by Gasteiger charge is -2.07. The van der Waals surface area contributed by atoms with E-state index in [1.54, 1.807) is 29.5 Å². The number of benzene rings is 2. The highest BCUT2D eigenvalue weighted by Crippen LogP contribution is 2.34. The van der Waals surface area contributed by atoms with E-state index in [1.807, 2.05) is 19.1 Å². The molecule has 5 nitrogen and oxygen atoms in total. The van der Waals surface area contributed by atoms with Gasteiger partial charge in [0.2, 0.25) is 0 Å². The number of nitrogens with zero attached hydrogens (tertiary/aromatic N) is 2. The lowest BCUT2D eigenvalue weighted by atomic mass is 10.3. The molecule has 2 aromatic heterocycles. The van der Waals surface area contributed by atoms with Crippen LogP contribution in [0.1, 0.15) is 5.01 Å². The maximum absolute atomic E-state index is 12.2. The van der Waals surface area contributed by atoms with E-state index in [4.69, 9.17) is 27.9 Å². The number of halogens is 2. The summed E-state index contributed by atoms with van der Waals surface area (Å²) in [7, 11) is 0. The molecule has 26 heavy (non-hydrogen) atoms. The zero-order valence-corrected chi connectivity index (χ0v) is 16.5. The van der Waals surface area contributed by atoms with Gasteiger partial charge in [-0.05, 0) is 37.3 Å². The van der Waals surface area contributed by atoms with Gasteiger partial charge in [-0.15, -0.1) is 11.3 Å². The van der Waals surface area contributed by atoms with Crippen molar-refractivity contribution in [2.24, 2.45) is 0 Å². The Hall–Kier alpha value is -1.93. The average Bonchev–Trinajstić information content (AvgIpc) is 3.15. The maximum atomic E-state index is 12.2. The predicted molar refractivity (Wildman–Crippen MR) is 108 cm³/mol. The maximum Gasteiger partial charge on any atom is 0.264 e. The molecule has 0 unspecified atom stereocenters. The largest absolute Gasteiger partial charge is 0.482 e. The molecule has 0 spiro atoms. The number of ether oxygens (including phenoxy) is 1. The van der Waals surface area contributed by atoms with Gasteiger partial charge in [-0.25, -0.2) is 9.97 Å². The molecular formula is C17H11Cl2N3O2S2. The van der Waals surface area contributed by atoms with Crippen LogP contribution in [0.2, 0.25) is 10.0 Å². The number of fused-ring (bicyclic) bond motifs is 3. The predicted octanol–water partition coefficient (Wildman–Crippen LogP) is 5.54. The van der Waals surface area contributed by atoms with Gasteiger partial charge in [-0.1, -0.05) is 34.5 Å². The molecule has 0 aliphatic heterocycles. The van der Waals surface area contributed by atoms with Crippen molar-refractivity contribution in [1.82, 2.24) is 9.97 Å². The third-order valence-corrected chi connectivity index (χ3v) is 5.98. The van der Waals surface area contributed by atoms with Crippen LogP contribution < -0.4 is 10.1 Å². The normalized spacial score (nSPS) is 11.2. The summed E-state index contributed by atoms with van der Waals surface area (Å²) in [5, 5.41) is 5.12. The van der Waals surface area contributed by atoms with Gasteiger partial charge in [0.05, 0.1) is 24.9 Å². The van der Waals surface area contributed by atoms with Gasteiger partial charge >= 0.3 is 0 Å². The minimum atomic E-state index is -0.319. The van der Waals surface area contributed by atoms with Crippen molar-refractivity contribution in [3.63, 3.8) is 0 Å². The molecule has 2 aromatic carbocycles. The number of thiazole rings is 2. The smallest absolute Gasteiger partial charge is 0.264 e. The summed E-state index contributed by atoms with van der Waals surface area (Å²) in [6.45, 7) is 1.79. The van der Waals surface area contributed by atoms with E-state index < -0.39 is 0 Å². The SMILES string of the molecule is Cc1nc2c(ccc3nc(NC(=O)COc4ccc(Cl)cc4Cl)sc32)s1. The first kappa shape index (κ1) is 17.5. The van der Waals surface area contributed by atoms with Gasteiger partial charge in [0, 0.05) is 5.02 Å². The third-order valence-electron chi connectivity index (χ3n) is 3.52. The highest BCUT2D eigenvalue weighted by atomic mass is 35.5. The molecular weight excluding hydrogens is 413 g/mol. The Labute approximate surface area is 166 Å². The van der Waals surface area contributed by atoms with Gasteiger partial charge in [-0.3, -0.25) is 10.1 Å². The van der Waals surface area contributed by atoms with Crippen molar-refractivity contribution in [3.8, 4) is 5.75 Å². The summed E-state index contributed by atoms with van der Waals surface area (Å²) >= 11 is 14.9. The number of carbonyl (C=O) groups excluding carboxylic acids is 1. The first-order chi connectivity index (χ1) is 12.5. The zero-order chi connectivity index (χ0) is 18.3. The minimum Gasteiger partial charge on any atom is -0.482 e. The number of anilines is 1. The highest BCUT2D eigenvalue weighted by Gasteiger charge is 2.13. The molecule has 0 radical (unpaired) electrons. The molecule has 0 bridgehead atoms. The molecule has 0 saturated carbocycles. The Kier molecular flexibility index (Phi) is 4.71. The lowest BCUT2D eigenvalue weighted by molar-refractivity contribution is -0.118. The molecule has 0 aliphatic rings. The number of aryl methyl sites for hydroxylation is 1. The molecule has 9 heteroatoms. The molecule has 0 fully saturated rings. The minimum absolute atomic E-state index is 0.178. The van der Waals surface area contributed by atoms with Crippen molar-refractivity contribution in [1.29, 1.82) is 0 Å². The van der Waals surface area contributed by atoms with Crippen LogP contribution in [0.5, 0.6) is 5.75 Å². The number of aromatic nitrogens is 2. The molecule has 4 rings (SSSR count). The molecule has 0 saturated heterocycles. The lowest BCUT2D eigenvalue weighted by Crippen LogP contribution is -2.20. The van der Waals surface area contributed by atoms with Crippen molar-refractivity contribution in [3.05, 3.63) is 45.4 Å². The molecule has 4 aromatic rings. The van der Waals surface area contributed by atoms with Crippen molar-refractivity contribution in [2.75, 3.05) is 11.9 Å². The summed E-state index contributed by atoms with van der Waals surface area (Å²) in [4.78, 5) is 21.2. The van der Waals surface area contributed by atoms with Crippen LogP contribution in [0.4, 0.5) is 5.13 Å². The van der Waals surface area contributed by atoms with Crippen molar-refractivity contribution < 1.29 is 9.53 Å². The fraction of sp³-hybridized carbons (Fsp3) is 0.118. The van der Waals surface area contributed by atoms with Crippen LogP contribution in [-0.2, 0) is 4.79 Å². The van der Waals surface area contributed by atoms with Gasteiger partial charge in [0.1, 0.15) is 11.3 Å². The quantitative estimate of drug-likeness (QED) is 0.467. The molecule has 0 aliphatic carbocycles. The van der Waals surface area contributed by atoms with Crippen LogP contribution in [0.15, 0.2) is 30.3 Å². The van der Waals surface area contributed by atoms with E-state index in [-0.39, 0.29) is 12.5 Å². The van der Waals surface area contributed by atoms with Gasteiger partial charge in [0.15, 0.2) is 11.7 Å². The van der Waals surface area contributed by atoms with Gasteiger partial charge < -0.3 is 4.74 Å². The molecule has 132 valence electrons. The standard InChI is InChI=1S/C17H11Cl2N3O2S2/c1-8-20-15-13(25-8)5-3-11-16(15)26-17(21-11)22-14(23)7-24-12-4-2-9(18)6-10(12)19/h2-6H,7H2,1H3,(H,21,22,23). The van der Waals surface area contributed by atoms with Crippen LogP contribution in [-0.4, -0.2) is 22.5 Å². The number of hydrogen-bond acceptors (Lipinski definition) is 6. The second kappa shape index (κ2) is 7.00. The van der Waals surface area contributed by atoms with E-state index in [9.17, 15) is 4.79 Å². The highest BCUT2D eigenvalue weighted by molar-refractivity contribution is 7.24. The first-order valence-corrected chi connectivity index (χ1v) is 9.93. The van der Waals surface area contributed by atoms with Crippen LogP contribution in [0, 0.1) is 6.92 Å². The summed E-state index contributed by atoms with van der Waals surface area (Å²) in [5.41, 5.74) is 1.73. The Morgan fingerprint density at radius 3 is 2.85 bits per heavy atom. The summed E-state index contributed by atoms with van der Waals surface area (Å²) in [5.74, 6) is 0.0796. The number of carbonyl (C=O) groups is 1. The Bertz CT molecular complexity index is 1140.